The third kappa shape index (κ3) is 3.25. The first-order valence-corrected chi connectivity index (χ1v) is 8.34. The van der Waals surface area contributed by atoms with E-state index in [9.17, 15) is 4.79 Å². The molecule has 0 atom stereocenters. The molecule has 0 radical (unpaired) electrons. The predicted molar refractivity (Wildman–Crippen MR) is 99.9 cm³/mol. The van der Waals surface area contributed by atoms with Crippen LogP contribution in [0.25, 0.3) is 22.4 Å². The van der Waals surface area contributed by atoms with E-state index >= 15 is 0 Å². The molecule has 6 heteroatoms. The zero-order chi connectivity index (χ0) is 18.8. The van der Waals surface area contributed by atoms with Crippen molar-refractivity contribution in [1.82, 2.24) is 10.1 Å². The van der Waals surface area contributed by atoms with Gasteiger partial charge in [0.1, 0.15) is 11.5 Å². The molecule has 134 valence electrons. The van der Waals surface area contributed by atoms with Crippen LogP contribution in [-0.4, -0.2) is 23.2 Å². The van der Waals surface area contributed by atoms with Crippen LogP contribution in [0.1, 0.15) is 16.1 Å². The quantitative estimate of drug-likeness (QED) is 0.396. The van der Waals surface area contributed by atoms with Crippen LogP contribution in [0.3, 0.4) is 0 Å². The van der Waals surface area contributed by atoms with E-state index in [1.54, 1.807) is 44.4 Å². The van der Waals surface area contributed by atoms with Gasteiger partial charge in [-0.25, -0.2) is 9.78 Å². The van der Waals surface area contributed by atoms with Gasteiger partial charge in [-0.2, -0.15) is 0 Å². The highest BCUT2D eigenvalue weighted by molar-refractivity contribution is 6.05. The molecule has 0 aliphatic rings. The molecular formula is C21H16N2O4. The average molecular weight is 360 g/mol. The number of carbonyl (C=O) groups is 1. The number of esters is 1. The SMILES string of the molecule is COc1ccc(OC(=O)c2cc(-c3ccccc3)nc3onc(C)c23)cc1. The summed E-state index contributed by atoms with van der Waals surface area (Å²) in [7, 11) is 1.58. The molecule has 0 fully saturated rings. The Morgan fingerprint density at radius 3 is 2.41 bits per heavy atom. The number of methoxy groups -OCH3 is 1. The Labute approximate surface area is 155 Å². The van der Waals surface area contributed by atoms with E-state index in [1.165, 1.54) is 0 Å². The maximum Gasteiger partial charge on any atom is 0.344 e. The van der Waals surface area contributed by atoms with Crippen molar-refractivity contribution in [2.75, 3.05) is 7.11 Å². The molecule has 0 N–H and O–H groups in total. The number of ether oxygens (including phenoxy) is 2. The summed E-state index contributed by atoms with van der Waals surface area (Å²) >= 11 is 0. The zero-order valence-electron chi connectivity index (χ0n) is 14.8. The lowest BCUT2D eigenvalue weighted by molar-refractivity contribution is 0.0736. The summed E-state index contributed by atoms with van der Waals surface area (Å²) in [6.07, 6.45) is 0. The summed E-state index contributed by atoms with van der Waals surface area (Å²) in [5.74, 6) is 0.597. The number of aryl methyl sites for hydroxylation is 1. The van der Waals surface area contributed by atoms with Crippen LogP contribution in [0, 0.1) is 6.92 Å². The molecule has 0 aliphatic carbocycles. The normalized spacial score (nSPS) is 10.7. The van der Waals surface area contributed by atoms with Crippen molar-refractivity contribution in [3.8, 4) is 22.8 Å². The number of hydrogen-bond donors (Lipinski definition) is 0. The van der Waals surface area contributed by atoms with Crippen molar-refractivity contribution in [1.29, 1.82) is 0 Å². The van der Waals surface area contributed by atoms with Gasteiger partial charge in [0.15, 0.2) is 0 Å². The summed E-state index contributed by atoms with van der Waals surface area (Å²) < 4.78 is 15.9. The van der Waals surface area contributed by atoms with Crippen LogP contribution in [0.2, 0.25) is 0 Å². The standard InChI is InChI=1S/C21H16N2O4/c1-13-19-17(21(24)26-16-10-8-15(25-2)9-11-16)12-18(22-20(19)27-23-13)14-6-4-3-5-7-14/h3-12H,1-2H3. The largest absolute Gasteiger partial charge is 0.497 e. The first-order chi connectivity index (χ1) is 13.2. The van der Waals surface area contributed by atoms with E-state index in [1.807, 2.05) is 30.3 Å². The lowest BCUT2D eigenvalue weighted by Crippen LogP contribution is -2.10. The molecule has 0 unspecified atom stereocenters. The Balaban J connectivity index is 1.76. The third-order valence-corrected chi connectivity index (χ3v) is 4.18. The van der Waals surface area contributed by atoms with Gasteiger partial charge in [0.05, 0.1) is 29.4 Å². The fraction of sp³-hybridized carbons (Fsp3) is 0.0952. The molecule has 2 aromatic heterocycles. The van der Waals surface area contributed by atoms with Gasteiger partial charge in [0.2, 0.25) is 0 Å². The van der Waals surface area contributed by atoms with Crippen LogP contribution in [0.4, 0.5) is 0 Å². The van der Waals surface area contributed by atoms with E-state index in [2.05, 4.69) is 10.1 Å². The summed E-state index contributed by atoms with van der Waals surface area (Å²) in [4.78, 5) is 17.4. The fourth-order valence-corrected chi connectivity index (χ4v) is 2.82. The zero-order valence-corrected chi connectivity index (χ0v) is 14.8. The Kier molecular flexibility index (Phi) is 4.30. The molecule has 27 heavy (non-hydrogen) atoms. The number of rotatable bonds is 4. The second-order valence-corrected chi connectivity index (χ2v) is 5.93. The van der Waals surface area contributed by atoms with Crippen molar-refractivity contribution in [2.24, 2.45) is 0 Å². The van der Waals surface area contributed by atoms with Crippen LogP contribution >= 0.6 is 0 Å². The number of pyridine rings is 1. The Morgan fingerprint density at radius 2 is 1.70 bits per heavy atom. The Bertz CT molecular complexity index is 1100. The summed E-state index contributed by atoms with van der Waals surface area (Å²) in [5, 5.41) is 4.49. The molecular weight excluding hydrogens is 344 g/mol. The monoisotopic (exact) mass is 360 g/mol. The average Bonchev–Trinajstić information content (AvgIpc) is 3.09. The van der Waals surface area contributed by atoms with Crippen LogP contribution in [0.15, 0.2) is 65.2 Å². The molecule has 0 amide bonds. The van der Waals surface area contributed by atoms with E-state index in [4.69, 9.17) is 14.0 Å². The molecule has 0 saturated heterocycles. The van der Waals surface area contributed by atoms with Crippen LogP contribution in [-0.2, 0) is 0 Å². The first-order valence-electron chi connectivity index (χ1n) is 8.34. The van der Waals surface area contributed by atoms with Gasteiger partial charge >= 0.3 is 5.97 Å². The lowest BCUT2D eigenvalue weighted by Gasteiger charge is -2.08. The second kappa shape index (κ2) is 6.92. The number of carbonyl (C=O) groups excluding carboxylic acids is 1. The van der Waals surface area contributed by atoms with Crippen LogP contribution in [0.5, 0.6) is 11.5 Å². The van der Waals surface area contributed by atoms with Gasteiger partial charge < -0.3 is 14.0 Å². The minimum atomic E-state index is -0.504. The smallest absolute Gasteiger partial charge is 0.344 e. The van der Waals surface area contributed by atoms with Gasteiger partial charge in [-0.3, -0.25) is 0 Å². The molecule has 0 saturated carbocycles. The van der Waals surface area contributed by atoms with E-state index in [0.29, 0.717) is 39.6 Å². The molecule has 4 rings (SSSR count). The molecule has 2 heterocycles. The molecule has 0 aliphatic heterocycles. The van der Waals surface area contributed by atoms with Gasteiger partial charge in [-0.15, -0.1) is 0 Å². The van der Waals surface area contributed by atoms with E-state index < -0.39 is 5.97 Å². The molecule has 0 spiro atoms. The van der Waals surface area contributed by atoms with Crippen molar-refractivity contribution >= 4 is 17.1 Å². The Hall–Kier alpha value is -3.67. The highest BCUT2D eigenvalue weighted by Crippen LogP contribution is 2.28. The van der Waals surface area contributed by atoms with Gasteiger partial charge in [0.25, 0.3) is 5.71 Å². The lowest BCUT2D eigenvalue weighted by atomic mass is 10.1. The number of aromatic nitrogens is 2. The maximum atomic E-state index is 12.9. The summed E-state index contributed by atoms with van der Waals surface area (Å²) in [6.45, 7) is 1.76. The second-order valence-electron chi connectivity index (χ2n) is 5.93. The van der Waals surface area contributed by atoms with Crippen LogP contribution < -0.4 is 9.47 Å². The molecule has 6 nitrogen and oxygen atoms in total. The van der Waals surface area contributed by atoms with Crippen molar-refractivity contribution < 1.29 is 18.8 Å². The maximum absolute atomic E-state index is 12.9. The van der Waals surface area contributed by atoms with E-state index in [0.717, 1.165) is 5.56 Å². The molecule has 2 aromatic carbocycles. The highest BCUT2D eigenvalue weighted by Gasteiger charge is 2.21. The summed E-state index contributed by atoms with van der Waals surface area (Å²) in [5.41, 5.74) is 2.72. The van der Waals surface area contributed by atoms with Crippen molar-refractivity contribution in [3.63, 3.8) is 0 Å². The topological polar surface area (TPSA) is 74.5 Å². The number of hydrogen-bond acceptors (Lipinski definition) is 6. The van der Waals surface area contributed by atoms with Gasteiger partial charge in [-0.05, 0) is 37.3 Å². The first kappa shape index (κ1) is 16.8. The van der Waals surface area contributed by atoms with Crippen molar-refractivity contribution in [3.05, 3.63) is 71.9 Å². The van der Waals surface area contributed by atoms with Crippen molar-refractivity contribution in [2.45, 2.75) is 6.92 Å². The number of nitrogens with zero attached hydrogens (tertiary/aromatic N) is 2. The molecule has 0 bridgehead atoms. The fourth-order valence-electron chi connectivity index (χ4n) is 2.82. The van der Waals surface area contributed by atoms with Gasteiger partial charge in [-0.1, -0.05) is 35.5 Å². The predicted octanol–water partition coefficient (Wildman–Crippen LogP) is 4.43. The van der Waals surface area contributed by atoms with E-state index in [-0.39, 0.29) is 0 Å². The minimum absolute atomic E-state index is 0.301. The molecule has 4 aromatic rings. The van der Waals surface area contributed by atoms with Gasteiger partial charge in [0, 0.05) is 5.56 Å². The Morgan fingerprint density at radius 1 is 1.00 bits per heavy atom. The number of benzene rings is 2. The number of fused-ring (bicyclic) bond motifs is 1. The minimum Gasteiger partial charge on any atom is -0.497 e. The summed E-state index contributed by atoms with van der Waals surface area (Å²) in [6, 6.07) is 18.1. The highest BCUT2D eigenvalue weighted by atomic mass is 16.5. The third-order valence-electron chi connectivity index (χ3n) is 4.18.